The molecule has 2 aliphatic heterocycles. The predicted molar refractivity (Wildman–Crippen MR) is 129 cm³/mol. The normalized spacial score (nSPS) is 26.1. The number of hydrogen-bond donors (Lipinski definition) is 1. The Morgan fingerprint density at radius 3 is 2.62 bits per heavy atom. The number of fused-ring (bicyclic) bond motifs is 1. The van der Waals surface area contributed by atoms with Gasteiger partial charge in [-0.2, -0.15) is 0 Å². The fraction of sp³-hybridized carbons (Fsp3) is 0.417. The summed E-state index contributed by atoms with van der Waals surface area (Å²) in [6.07, 6.45) is 7.00. The van der Waals surface area contributed by atoms with E-state index in [4.69, 9.17) is 38.7 Å². The fourth-order valence-electron chi connectivity index (χ4n) is 5.03. The first kappa shape index (κ1) is 21.6. The van der Waals surface area contributed by atoms with Crippen molar-refractivity contribution in [2.45, 2.75) is 49.1 Å². The van der Waals surface area contributed by atoms with Gasteiger partial charge in [0.15, 0.2) is 0 Å². The van der Waals surface area contributed by atoms with Crippen molar-refractivity contribution in [1.82, 2.24) is 9.55 Å². The Morgan fingerprint density at radius 2 is 1.91 bits per heavy atom. The largest absolute Gasteiger partial charge is 0.485 e. The summed E-state index contributed by atoms with van der Waals surface area (Å²) in [6, 6.07) is 7.84. The second-order valence-electron chi connectivity index (χ2n) is 8.74. The van der Waals surface area contributed by atoms with E-state index in [1.54, 1.807) is 4.57 Å². The standard InChI is InChI=1S/C24H26Cl2N4O2/c1-14-22(28-15(2)30(23(14)31)18-8-5-7-17(25)20(18)26)29-12-10-24(11-13-29)21(27)16-6-3-4-9-19(16)32-24/h3-9,17,20-21H,10-13,27H2,1-2H3/t17-,20?,21+/m0/s1. The fourth-order valence-corrected chi connectivity index (χ4v) is 5.49. The molecule has 0 saturated carbocycles. The Bertz CT molecular complexity index is 1180. The molecule has 3 aliphatic rings. The molecule has 1 aliphatic carbocycles. The third kappa shape index (κ3) is 3.28. The van der Waals surface area contributed by atoms with Gasteiger partial charge in [0.2, 0.25) is 0 Å². The highest BCUT2D eigenvalue weighted by atomic mass is 35.5. The van der Waals surface area contributed by atoms with Crippen LogP contribution in [-0.4, -0.2) is 39.0 Å². The molecule has 1 unspecified atom stereocenters. The number of nitrogens with two attached hydrogens (primary N) is 1. The van der Waals surface area contributed by atoms with Gasteiger partial charge < -0.3 is 15.4 Å². The van der Waals surface area contributed by atoms with Crippen LogP contribution in [0.3, 0.4) is 0 Å². The average molecular weight is 473 g/mol. The van der Waals surface area contributed by atoms with Crippen molar-refractivity contribution < 1.29 is 4.74 Å². The van der Waals surface area contributed by atoms with Crippen molar-refractivity contribution >= 4 is 34.7 Å². The number of piperidine rings is 1. The van der Waals surface area contributed by atoms with Crippen molar-refractivity contribution in [2.75, 3.05) is 18.0 Å². The van der Waals surface area contributed by atoms with Crippen LogP contribution >= 0.6 is 23.2 Å². The molecule has 2 N–H and O–H groups in total. The molecule has 0 amide bonds. The molecule has 0 radical (unpaired) electrons. The lowest BCUT2D eigenvalue weighted by atomic mass is 9.83. The van der Waals surface area contributed by atoms with Gasteiger partial charge in [0.1, 0.15) is 23.0 Å². The summed E-state index contributed by atoms with van der Waals surface area (Å²) in [5, 5.41) is -0.872. The number of allylic oxidation sites excluding steroid dienone is 4. The third-order valence-electron chi connectivity index (χ3n) is 6.88. The van der Waals surface area contributed by atoms with E-state index in [2.05, 4.69) is 4.90 Å². The summed E-state index contributed by atoms with van der Waals surface area (Å²) in [6.45, 7) is 5.07. The highest BCUT2D eigenvalue weighted by molar-refractivity contribution is 6.34. The molecule has 6 nitrogen and oxygen atoms in total. The minimum absolute atomic E-state index is 0.120. The first-order chi connectivity index (χ1) is 15.3. The van der Waals surface area contributed by atoms with Gasteiger partial charge in [-0.3, -0.25) is 9.36 Å². The average Bonchev–Trinajstić information content (AvgIpc) is 3.06. The lowest BCUT2D eigenvalue weighted by Gasteiger charge is -2.41. The number of ether oxygens (including phenoxy) is 1. The van der Waals surface area contributed by atoms with E-state index in [-0.39, 0.29) is 17.0 Å². The third-order valence-corrected chi connectivity index (χ3v) is 7.90. The first-order valence-electron chi connectivity index (χ1n) is 10.9. The quantitative estimate of drug-likeness (QED) is 0.670. The topological polar surface area (TPSA) is 73.4 Å². The van der Waals surface area contributed by atoms with Crippen molar-refractivity contribution in [1.29, 1.82) is 0 Å². The maximum Gasteiger partial charge on any atom is 0.262 e. The number of rotatable bonds is 2. The number of hydrogen-bond acceptors (Lipinski definition) is 5. The van der Waals surface area contributed by atoms with Crippen LogP contribution in [0.4, 0.5) is 5.82 Å². The molecule has 3 heterocycles. The Kier molecular flexibility index (Phi) is 5.35. The molecule has 168 valence electrons. The summed E-state index contributed by atoms with van der Waals surface area (Å²) < 4.78 is 7.93. The van der Waals surface area contributed by atoms with Gasteiger partial charge in [-0.05, 0) is 26.0 Å². The number of benzene rings is 1. The second kappa shape index (κ2) is 7.94. The summed E-state index contributed by atoms with van der Waals surface area (Å²) in [4.78, 5) is 20.3. The second-order valence-corrected chi connectivity index (χ2v) is 9.71. The monoisotopic (exact) mass is 472 g/mol. The van der Waals surface area contributed by atoms with Gasteiger partial charge in [-0.1, -0.05) is 30.4 Å². The maximum atomic E-state index is 13.3. The van der Waals surface area contributed by atoms with Crippen LogP contribution in [0.25, 0.3) is 5.70 Å². The summed E-state index contributed by atoms with van der Waals surface area (Å²) >= 11 is 12.8. The smallest absolute Gasteiger partial charge is 0.262 e. The summed E-state index contributed by atoms with van der Waals surface area (Å²) in [5.74, 6) is 2.18. The van der Waals surface area contributed by atoms with E-state index < -0.39 is 11.0 Å². The molecule has 8 heteroatoms. The minimum atomic E-state index is -0.498. The lowest BCUT2D eigenvalue weighted by molar-refractivity contribution is 0.0430. The van der Waals surface area contributed by atoms with E-state index in [0.717, 1.165) is 24.2 Å². The number of anilines is 1. The van der Waals surface area contributed by atoms with Crippen molar-refractivity contribution in [2.24, 2.45) is 5.73 Å². The predicted octanol–water partition coefficient (Wildman–Crippen LogP) is 3.92. The van der Waals surface area contributed by atoms with Gasteiger partial charge in [-0.25, -0.2) is 4.98 Å². The number of nitrogens with zero attached hydrogens (tertiary/aromatic N) is 3. The lowest BCUT2D eigenvalue weighted by Crippen LogP contribution is -2.52. The van der Waals surface area contributed by atoms with Gasteiger partial charge in [0.05, 0.1) is 22.4 Å². The van der Waals surface area contributed by atoms with Crippen LogP contribution in [0.2, 0.25) is 0 Å². The van der Waals surface area contributed by atoms with Crippen LogP contribution in [-0.2, 0) is 0 Å². The zero-order chi connectivity index (χ0) is 22.6. The number of aromatic nitrogens is 2. The van der Waals surface area contributed by atoms with Crippen molar-refractivity contribution in [3.8, 4) is 5.75 Å². The molecule has 1 aromatic heterocycles. The Labute approximate surface area is 197 Å². The van der Waals surface area contributed by atoms with Gasteiger partial charge in [0, 0.05) is 37.2 Å². The molecule has 2 aromatic rings. The Balaban J connectivity index is 1.41. The molecular weight excluding hydrogens is 447 g/mol. The van der Waals surface area contributed by atoms with Gasteiger partial charge in [-0.15, -0.1) is 23.2 Å². The highest BCUT2D eigenvalue weighted by Crippen LogP contribution is 2.47. The number of aryl methyl sites for hydroxylation is 1. The molecule has 0 bridgehead atoms. The number of alkyl halides is 2. The molecular formula is C24H26Cl2N4O2. The van der Waals surface area contributed by atoms with Crippen molar-refractivity contribution in [3.05, 3.63) is 69.8 Å². The molecule has 1 saturated heterocycles. The Morgan fingerprint density at radius 1 is 1.19 bits per heavy atom. The van der Waals surface area contributed by atoms with E-state index in [1.807, 2.05) is 56.3 Å². The van der Waals surface area contributed by atoms with Crippen LogP contribution in [0.5, 0.6) is 5.75 Å². The summed E-state index contributed by atoms with van der Waals surface area (Å²) in [7, 11) is 0. The van der Waals surface area contributed by atoms with E-state index in [9.17, 15) is 4.79 Å². The van der Waals surface area contributed by atoms with E-state index in [1.165, 1.54) is 0 Å². The molecule has 1 spiro atoms. The van der Waals surface area contributed by atoms with Gasteiger partial charge in [0.25, 0.3) is 5.56 Å². The van der Waals surface area contributed by atoms with Crippen LogP contribution in [0, 0.1) is 13.8 Å². The highest BCUT2D eigenvalue weighted by Gasteiger charge is 2.48. The van der Waals surface area contributed by atoms with E-state index in [0.29, 0.717) is 36.0 Å². The van der Waals surface area contributed by atoms with Gasteiger partial charge >= 0.3 is 0 Å². The molecule has 5 rings (SSSR count). The van der Waals surface area contributed by atoms with Crippen LogP contribution < -0.4 is 20.9 Å². The van der Waals surface area contributed by atoms with E-state index >= 15 is 0 Å². The minimum Gasteiger partial charge on any atom is -0.485 e. The zero-order valence-corrected chi connectivity index (χ0v) is 19.6. The molecule has 1 aromatic carbocycles. The summed E-state index contributed by atoms with van der Waals surface area (Å²) in [5.41, 5.74) is 8.39. The Hall–Kier alpha value is -2.28. The zero-order valence-electron chi connectivity index (χ0n) is 18.1. The molecule has 3 atom stereocenters. The van der Waals surface area contributed by atoms with Crippen molar-refractivity contribution in [3.63, 3.8) is 0 Å². The molecule has 1 fully saturated rings. The van der Waals surface area contributed by atoms with Crippen LogP contribution in [0.1, 0.15) is 35.8 Å². The van der Waals surface area contributed by atoms with Crippen LogP contribution in [0.15, 0.2) is 47.3 Å². The molecule has 32 heavy (non-hydrogen) atoms. The first-order valence-corrected chi connectivity index (χ1v) is 11.8. The number of para-hydroxylation sites is 1. The SMILES string of the molecule is Cc1c(N2CCC3(CC2)Oc2ccccc2[C@H]3N)nc(C)n(C2=CC=C[C@H](Cl)C2Cl)c1=O. The number of halogens is 2. The maximum absolute atomic E-state index is 13.3.